The summed E-state index contributed by atoms with van der Waals surface area (Å²) in [6, 6.07) is 12.6. The van der Waals surface area contributed by atoms with Gasteiger partial charge in [0.25, 0.3) is 11.8 Å². The summed E-state index contributed by atoms with van der Waals surface area (Å²) in [4.78, 5) is 41.4. The van der Waals surface area contributed by atoms with Gasteiger partial charge in [-0.25, -0.2) is 14.2 Å². The van der Waals surface area contributed by atoms with Crippen molar-refractivity contribution >= 4 is 34.8 Å². The van der Waals surface area contributed by atoms with Gasteiger partial charge in [0, 0.05) is 22.9 Å². The largest absolute Gasteiger partial charge is 0.451 e. The number of amides is 2. The topological polar surface area (TPSA) is 97.4 Å². The van der Waals surface area contributed by atoms with Gasteiger partial charge in [-0.3, -0.25) is 9.59 Å². The van der Waals surface area contributed by atoms with Crippen LogP contribution in [0.1, 0.15) is 38.6 Å². The molecule has 1 aromatic heterocycles. The van der Waals surface area contributed by atoms with Gasteiger partial charge in [0.2, 0.25) is 0 Å². The zero-order chi connectivity index (χ0) is 22.7. The minimum Gasteiger partial charge on any atom is -0.451 e. The summed E-state index contributed by atoms with van der Waals surface area (Å²) in [5.41, 5.74) is 2.03. The second-order valence-electron chi connectivity index (χ2n) is 7.39. The number of hydrogen-bond acceptors (Lipinski definition) is 6. The van der Waals surface area contributed by atoms with Gasteiger partial charge >= 0.3 is 5.97 Å². The second kappa shape index (κ2) is 9.27. The van der Waals surface area contributed by atoms with Crippen LogP contribution in [0.4, 0.5) is 10.1 Å². The lowest BCUT2D eigenvalue weighted by molar-refractivity contribution is -0.119. The number of carbonyl (C=O) groups excluding carboxylic acids is 3. The molecule has 0 atom stereocenters. The molecule has 4 rings (SSSR count). The molecule has 0 unspecified atom stereocenters. The van der Waals surface area contributed by atoms with Crippen LogP contribution in [0, 0.1) is 12.7 Å². The van der Waals surface area contributed by atoms with Crippen molar-refractivity contribution in [3.8, 4) is 10.6 Å². The fourth-order valence-corrected chi connectivity index (χ4v) is 3.90. The van der Waals surface area contributed by atoms with Gasteiger partial charge < -0.3 is 15.4 Å². The van der Waals surface area contributed by atoms with Crippen molar-refractivity contribution in [1.29, 1.82) is 0 Å². The smallest absolute Gasteiger partial charge is 0.350 e. The maximum absolute atomic E-state index is 13.1. The molecule has 2 aromatic carbocycles. The fraction of sp³-hybridized carbons (Fsp3) is 0.217. The third-order valence-electron chi connectivity index (χ3n) is 4.73. The molecule has 1 fully saturated rings. The first kappa shape index (κ1) is 21.6. The van der Waals surface area contributed by atoms with Crippen molar-refractivity contribution in [2.75, 3.05) is 11.9 Å². The zero-order valence-corrected chi connectivity index (χ0v) is 18.0. The van der Waals surface area contributed by atoms with Crippen molar-refractivity contribution in [1.82, 2.24) is 10.3 Å². The van der Waals surface area contributed by atoms with Crippen LogP contribution < -0.4 is 10.6 Å². The van der Waals surface area contributed by atoms with E-state index in [9.17, 15) is 18.8 Å². The van der Waals surface area contributed by atoms with E-state index in [1.165, 1.54) is 12.1 Å². The lowest BCUT2D eigenvalue weighted by Gasteiger charge is -2.08. The Morgan fingerprint density at radius 1 is 1.16 bits per heavy atom. The number of aromatic nitrogens is 1. The molecule has 0 bridgehead atoms. The predicted molar refractivity (Wildman–Crippen MR) is 118 cm³/mol. The first-order valence-corrected chi connectivity index (χ1v) is 10.8. The molecular weight excluding hydrogens is 433 g/mol. The van der Waals surface area contributed by atoms with Gasteiger partial charge in [-0.05, 0) is 62.2 Å². The second-order valence-corrected chi connectivity index (χ2v) is 8.39. The Bertz CT molecular complexity index is 1170. The summed E-state index contributed by atoms with van der Waals surface area (Å²) in [5, 5.41) is 6.06. The quantitative estimate of drug-likeness (QED) is 0.528. The number of aryl methyl sites for hydroxylation is 1. The highest BCUT2D eigenvalue weighted by atomic mass is 32.1. The van der Waals surface area contributed by atoms with Crippen LogP contribution >= 0.6 is 11.3 Å². The molecule has 1 saturated carbocycles. The van der Waals surface area contributed by atoms with Crippen LogP contribution in [0.2, 0.25) is 0 Å². The molecule has 0 aliphatic heterocycles. The van der Waals surface area contributed by atoms with E-state index >= 15 is 0 Å². The number of benzene rings is 2. The third kappa shape index (κ3) is 5.36. The summed E-state index contributed by atoms with van der Waals surface area (Å²) in [7, 11) is 0. The summed E-state index contributed by atoms with van der Waals surface area (Å²) < 4.78 is 18.2. The maximum atomic E-state index is 13.1. The van der Waals surface area contributed by atoms with E-state index in [0.29, 0.717) is 27.5 Å². The molecule has 3 aromatic rings. The Morgan fingerprint density at radius 3 is 2.62 bits per heavy atom. The van der Waals surface area contributed by atoms with Gasteiger partial charge in [-0.15, -0.1) is 11.3 Å². The number of nitrogens with zero attached hydrogens (tertiary/aromatic N) is 1. The van der Waals surface area contributed by atoms with Crippen LogP contribution in [0.3, 0.4) is 0 Å². The van der Waals surface area contributed by atoms with E-state index in [1.807, 2.05) is 0 Å². The average Bonchev–Trinajstić information content (AvgIpc) is 3.51. The van der Waals surface area contributed by atoms with Crippen molar-refractivity contribution < 1.29 is 23.5 Å². The first-order valence-electron chi connectivity index (χ1n) is 10.0. The first-order chi connectivity index (χ1) is 15.4. The average molecular weight is 453 g/mol. The number of thiazole rings is 1. The molecule has 32 heavy (non-hydrogen) atoms. The highest BCUT2D eigenvalue weighted by molar-refractivity contribution is 7.17. The molecule has 164 valence electrons. The van der Waals surface area contributed by atoms with Gasteiger partial charge in [0.1, 0.15) is 15.7 Å². The minimum absolute atomic E-state index is 0.187. The van der Waals surface area contributed by atoms with Crippen LogP contribution in [0.15, 0.2) is 48.5 Å². The molecule has 1 heterocycles. The number of nitrogens with one attached hydrogen (secondary N) is 2. The number of hydrogen-bond donors (Lipinski definition) is 2. The lowest BCUT2D eigenvalue weighted by Crippen LogP contribution is -2.25. The number of ether oxygens (including phenoxy) is 1. The summed E-state index contributed by atoms with van der Waals surface area (Å²) in [6.45, 7) is 1.18. The molecule has 0 radical (unpaired) electrons. The minimum atomic E-state index is -0.666. The number of carbonyl (C=O) groups is 3. The number of halogens is 1. The number of rotatable bonds is 7. The van der Waals surface area contributed by atoms with Gasteiger partial charge in [0.15, 0.2) is 6.61 Å². The SMILES string of the molecule is Cc1nc(-c2ccc(F)cc2)sc1C(=O)OCC(=O)Nc1cccc(C(=O)NC2CC2)c1. The van der Waals surface area contributed by atoms with E-state index in [-0.39, 0.29) is 22.6 Å². The summed E-state index contributed by atoms with van der Waals surface area (Å²) in [5.74, 6) is -1.74. The van der Waals surface area contributed by atoms with Crippen molar-refractivity contribution in [2.45, 2.75) is 25.8 Å². The molecule has 0 spiro atoms. The molecule has 9 heteroatoms. The van der Waals surface area contributed by atoms with Crippen molar-refractivity contribution in [3.05, 3.63) is 70.5 Å². The predicted octanol–water partition coefficient (Wildman–Crippen LogP) is 3.95. The normalized spacial score (nSPS) is 12.8. The highest BCUT2D eigenvalue weighted by Crippen LogP contribution is 2.28. The Labute approximate surface area is 187 Å². The fourth-order valence-electron chi connectivity index (χ4n) is 2.93. The van der Waals surface area contributed by atoms with Gasteiger partial charge in [0.05, 0.1) is 5.69 Å². The monoisotopic (exact) mass is 453 g/mol. The Kier molecular flexibility index (Phi) is 6.27. The van der Waals surface area contributed by atoms with E-state index in [4.69, 9.17) is 4.74 Å². The van der Waals surface area contributed by atoms with Crippen LogP contribution in [-0.2, 0) is 9.53 Å². The van der Waals surface area contributed by atoms with E-state index in [0.717, 1.165) is 24.2 Å². The van der Waals surface area contributed by atoms with E-state index in [1.54, 1.807) is 43.3 Å². The molecular formula is C23H20FN3O4S. The van der Waals surface area contributed by atoms with Gasteiger partial charge in [-0.2, -0.15) is 0 Å². The van der Waals surface area contributed by atoms with Gasteiger partial charge in [-0.1, -0.05) is 6.07 Å². The van der Waals surface area contributed by atoms with Crippen molar-refractivity contribution in [2.24, 2.45) is 0 Å². The maximum Gasteiger partial charge on any atom is 0.350 e. The third-order valence-corrected chi connectivity index (χ3v) is 5.92. The summed E-state index contributed by atoms with van der Waals surface area (Å²) in [6.07, 6.45) is 1.97. The Morgan fingerprint density at radius 2 is 1.91 bits per heavy atom. The Hall–Kier alpha value is -3.59. The molecule has 0 saturated heterocycles. The Balaban J connectivity index is 1.33. The van der Waals surface area contributed by atoms with Crippen molar-refractivity contribution in [3.63, 3.8) is 0 Å². The highest BCUT2D eigenvalue weighted by Gasteiger charge is 2.24. The molecule has 1 aliphatic carbocycles. The standard InChI is InChI=1S/C23H20FN3O4S/c1-13-20(32-22(25-13)14-5-7-16(24)8-6-14)23(30)31-12-19(28)26-18-4-2-3-15(11-18)21(29)27-17-9-10-17/h2-8,11,17H,9-10,12H2,1H3,(H,26,28)(H,27,29). The zero-order valence-electron chi connectivity index (χ0n) is 17.2. The molecule has 2 N–H and O–H groups in total. The van der Waals surface area contributed by atoms with Crippen LogP contribution in [0.25, 0.3) is 10.6 Å². The lowest BCUT2D eigenvalue weighted by atomic mass is 10.2. The van der Waals surface area contributed by atoms with Crippen LogP contribution in [-0.4, -0.2) is 35.4 Å². The molecule has 2 amide bonds. The molecule has 1 aliphatic rings. The van der Waals surface area contributed by atoms with E-state index in [2.05, 4.69) is 15.6 Å². The van der Waals surface area contributed by atoms with Crippen LogP contribution in [0.5, 0.6) is 0 Å². The van der Waals surface area contributed by atoms with E-state index < -0.39 is 18.5 Å². The number of esters is 1. The summed E-state index contributed by atoms with van der Waals surface area (Å²) >= 11 is 1.11. The molecule has 7 nitrogen and oxygen atoms in total. The number of anilines is 1.